The van der Waals surface area contributed by atoms with Crippen LogP contribution in [0.15, 0.2) is 17.3 Å². The average Bonchev–Trinajstić information content (AvgIpc) is 2.63. The second-order valence-electron chi connectivity index (χ2n) is 3.88. The Morgan fingerprint density at radius 2 is 2.31 bits per heavy atom. The molecule has 0 aliphatic rings. The highest BCUT2D eigenvalue weighted by Gasteiger charge is 2.16. The van der Waals surface area contributed by atoms with E-state index in [0.29, 0.717) is 13.1 Å². The summed E-state index contributed by atoms with van der Waals surface area (Å²) in [5.41, 5.74) is 5.39. The largest absolute Gasteiger partial charge is 0.330 e. The quantitative estimate of drug-likeness (QED) is 0.720. The molecule has 1 aromatic rings. The summed E-state index contributed by atoms with van der Waals surface area (Å²) in [5.74, 6) is 0.233. The van der Waals surface area contributed by atoms with Gasteiger partial charge in [0.15, 0.2) is 0 Å². The molecule has 16 heavy (non-hydrogen) atoms. The van der Waals surface area contributed by atoms with Gasteiger partial charge >= 0.3 is 0 Å². The summed E-state index contributed by atoms with van der Waals surface area (Å²) in [6.45, 7) is 2.92. The fourth-order valence-electron chi connectivity index (χ4n) is 1.26. The lowest BCUT2D eigenvalue weighted by atomic mass is 10.1. The minimum atomic E-state index is -3.43. The number of rotatable bonds is 6. The SMILES string of the molecule is CC(CCN)CNS(=O)(=O)c1cnn(C)c1. The summed E-state index contributed by atoms with van der Waals surface area (Å²) in [6, 6.07) is 0. The maximum absolute atomic E-state index is 11.8. The second kappa shape index (κ2) is 5.42. The molecule has 1 heterocycles. The van der Waals surface area contributed by atoms with Crippen LogP contribution in [-0.4, -0.2) is 31.3 Å². The van der Waals surface area contributed by atoms with Crippen LogP contribution in [0.1, 0.15) is 13.3 Å². The molecule has 0 spiro atoms. The smallest absolute Gasteiger partial charge is 0.243 e. The minimum absolute atomic E-state index is 0.190. The van der Waals surface area contributed by atoms with Crippen molar-refractivity contribution in [3.05, 3.63) is 12.4 Å². The molecule has 1 unspecified atom stereocenters. The Bertz CT molecular complexity index is 426. The number of nitrogens with zero attached hydrogens (tertiary/aromatic N) is 2. The molecule has 1 aromatic heterocycles. The van der Waals surface area contributed by atoms with E-state index in [4.69, 9.17) is 5.73 Å². The van der Waals surface area contributed by atoms with Gasteiger partial charge in [-0.05, 0) is 18.9 Å². The van der Waals surface area contributed by atoms with E-state index in [1.807, 2.05) is 6.92 Å². The lowest BCUT2D eigenvalue weighted by Gasteiger charge is -2.10. The zero-order valence-electron chi connectivity index (χ0n) is 9.55. The first-order chi connectivity index (χ1) is 7.45. The number of hydrogen-bond donors (Lipinski definition) is 2. The number of nitrogens with one attached hydrogen (secondary N) is 1. The predicted molar refractivity (Wildman–Crippen MR) is 61.2 cm³/mol. The second-order valence-corrected chi connectivity index (χ2v) is 5.65. The molecule has 0 aliphatic heterocycles. The third-order valence-corrected chi connectivity index (χ3v) is 3.65. The van der Waals surface area contributed by atoms with Crippen LogP contribution in [0.2, 0.25) is 0 Å². The Labute approximate surface area is 95.9 Å². The third kappa shape index (κ3) is 3.58. The molecule has 0 amide bonds. The Kier molecular flexibility index (Phi) is 4.45. The highest BCUT2D eigenvalue weighted by Crippen LogP contribution is 2.07. The predicted octanol–water partition coefficient (Wildman–Crippen LogP) is -0.317. The molecule has 0 saturated heterocycles. The zero-order valence-corrected chi connectivity index (χ0v) is 10.4. The normalized spacial score (nSPS) is 13.9. The molecule has 3 N–H and O–H groups in total. The lowest BCUT2D eigenvalue weighted by Crippen LogP contribution is -2.29. The van der Waals surface area contributed by atoms with Gasteiger partial charge in [-0.15, -0.1) is 0 Å². The first-order valence-corrected chi connectivity index (χ1v) is 6.62. The van der Waals surface area contributed by atoms with Crippen molar-refractivity contribution in [3.8, 4) is 0 Å². The van der Waals surface area contributed by atoms with Gasteiger partial charge in [-0.2, -0.15) is 5.10 Å². The number of nitrogens with two attached hydrogens (primary N) is 1. The summed E-state index contributed by atoms with van der Waals surface area (Å²) < 4.78 is 27.5. The molecule has 1 rings (SSSR count). The Morgan fingerprint density at radius 1 is 1.62 bits per heavy atom. The maximum Gasteiger partial charge on any atom is 0.243 e. The zero-order chi connectivity index (χ0) is 12.2. The van der Waals surface area contributed by atoms with Gasteiger partial charge < -0.3 is 5.73 Å². The molecule has 0 fully saturated rings. The highest BCUT2D eigenvalue weighted by molar-refractivity contribution is 7.89. The van der Waals surface area contributed by atoms with Gasteiger partial charge in [0.05, 0.1) is 6.20 Å². The van der Waals surface area contributed by atoms with E-state index in [2.05, 4.69) is 9.82 Å². The van der Waals surface area contributed by atoms with Crippen LogP contribution in [0.4, 0.5) is 0 Å². The van der Waals surface area contributed by atoms with Crippen LogP contribution < -0.4 is 10.5 Å². The fourth-order valence-corrected chi connectivity index (χ4v) is 2.41. The molecular formula is C9H18N4O2S. The third-order valence-electron chi connectivity index (χ3n) is 2.27. The number of hydrogen-bond acceptors (Lipinski definition) is 4. The summed E-state index contributed by atoms with van der Waals surface area (Å²) in [7, 11) is -1.75. The molecule has 0 radical (unpaired) electrons. The van der Waals surface area contributed by atoms with E-state index in [1.165, 1.54) is 17.1 Å². The van der Waals surface area contributed by atoms with E-state index in [0.717, 1.165) is 6.42 Å². The highest BCUT2D eigenvalue weighted by atomic mass is 32.2. The van der Waals surface area contributed by atoms with Crippen LogP contribution in [0.5, 0.6) is 0 Å². The van der Waals surface area contributed by atoms with Crippen LogP contribution in [0, 0.1) is 5.92 Å². The van der Waals surface area contributed by atoms with Crippen LogP contribution in [0.25, 0.3) is 0 Å². The van der Waals surface area contributed by atoms with Crippen molar-refractivity contribution in [2.75, 3.05) is 13.1 Å². The van der Waals surface area contributed by atoms with Gasteiger partial charge in [-0.25, -0.2) is 13.1 Å². The Hall–Kier alpha value is -0.920. The van der Waals surface area contributed by atoms with Crippen LogP contribution in [-0.2, 0) is 17.1 Å². The number of aromatic nitrogens is 2. The summed E-state index contributed by atoms with van der Waals surface area (Å²) >= 11 is 0. The molecule has 6 nitrogen and oxygen atoms in total. The van der Waals surface area contributed by atoms with E-state index in [-0.39, 0.29) is 10.8 Å². The van der Waals surface area contributed by atoms with Crippen LogP contribution in [0.3, 0.4) is 0 Å². The van der Waals surface area contributed by atoms with Crippen molar-refractivity contribution in [1.82, 2.24) is 14.5 Å². The van der Waals surface area contributed by atoms with E-state index in [9.17, 15) is 8.42 Å². The molecule has 0 bridgehead atoms. The molecule has 92 valence electrons. The van der Waals surface area contributed by atoms with Crippen molar-refractivity contribution in [1.29, 1.82) is 0 Å². The number of sulfonamides is 1. The molecule has 0 saturated carbocycles. The summed E-state index contributed by atoms with van der Waals surface area (Å²) in [6.07, 6.45) is 3.60. The summed E-state index contributed by atoms with van der Waals surface area (Å²) in [5, 5.41) is 3.82. The molecule has 7 heteroatoms. The first kappa shape index (κ1) is 13.1. The van der Waals surface area contributed by atoms with E-state index < -0.39 is 10.0 Å². The molecule has 0 aliphatic carbocycles. The van der Waals surface area contributed by atoms with Gasteiger partial charge in [0, 0.05) is 19.8 Å². The van der Waals surface area contributed by atoms with Crippen molar-refractivity contribution in [3.63, 3.8) is 0 Å². The summed E-state index contributed by atoms with van der Waals surface area (Å²) in [4.78, 5) is 0.190. The van der Waals surface area contributed by atoms with Crippen molar-refractivity contribution in [2.45, 2.75) is 18.2 Å². The van der Waals surface area contributed by atoms with Gasteiger partial charge in [0.1, 0.15) is 4.90 Å². The molecular weight excluding hydrogens is 228 g/mol. The maximum atomic E-state index is 11.8. The lowest BCUT2D eigenvalue weighted by molar-refractivity contribution is 0.515. The van der Waals surface area contributed by atoms with E-state index >= 15 is 0 Å². The van der Waals surface area contributed by atoms with Crippen molar-refractivity contribution in [2.24, 2.45) is 18.7 Å². The van der Waals surface area contributed by atoms with E-state index in [1.54, 1.807) is 7.05 Å². The Balaban J connectivity index is 2.59. The molecule has 1 atom stereocenters. The molecule has 0 aromatic carbocycles. The van der Waals surface area contributed by atoms with Crippen molar-refractivity contribution >= 4 is 10.0 Å². The topological polar surface area (TPSA) is 90.0 Å². The van der Waals surface area contributed by atoms with Gasteiger partial charge in [-0.1, -0.05) is 6.92 Å². The Morgan fingerprint density at radius 3 is 2.81 bits per heavy atom. The average molecular weight is 246 g/mol. The minimum Gasteiger partial charge on any atom is -0.330 e. The van der Waals surface area contributed by atoms with Crippen molar-refractivity contribution < 1.29 is 8.42 Å². The monoisotopic (exact) mass is 246 g/mol. The van der Waals surface area contributed by atoms with Gasteiger partial charge in [0.2, 0.25) is 10.0 Å². The van der Waals surface area contributed by atoms with Gasteiger partial charge in [0.25, 0.3) is 0 Å². The first-order valence-electron chi connectivity index (χ1n) is 5.14. The van der Waals surface area contributed by atoms with Gasteiger partial charge in [-0.3, -0.25) is 4.68 Å². The fraction of sp³-hybridized carbons (Fsp3) is 0.667. The van der Waals surface area contributed by atoms with Crippen LogP contribution >= 0.6 is 0 Å². The number of aryl methyl sites for hydroxylation is 1. The standard InChI is InChI=1S/C9H18N4O2S/c1-8(3-4-10)5-12-16(14,15)9-6-11-13(2)7-9/h6-8,12H,3-5,10H2,1-2H3.